The van der Waals surface area contributed by atoms with Crippen molar-refractivity contribution in [1.29, 1.82) is 0 Å². The standard InChI is InChI=1S/C15H15NO3/c1-3-19-14(17)8-7-12-15-11(9-10-16-12)5-4-6-13(15)18-2/h4-10H,3H2,1-2H3/b8-7+. The Balaban J connectivity index is 2.46. The van der Waals surface area contributed by atoms with Crippen molar-refractivity contribution in [3.63, 3.8) is 0 Å². The molecule has 0 N–H and O–H groups in total. The van der Waals surface area contributed by atoms with Crippen LogP contribution in [0.15, 0.2) is 36.5 Å². The summed E-state index contributed by atoms with van der Waals surface area (Å²) >= 11 is 0. The van der Waals surface area contributed by atoms with Crippen LogP contribution in [0.25, 0.3) is 16.8 Å². The molecule has 0 aliphatic heterocycles. The molecule has 0 unspecified atom stereocenters. The van der Waals surface area contributed by atoms with Crippen LogP contribution in [-0.2, 0) is 9.53 Å². The molecular weight excluding hydrogens is 242 g/mol. The zero-order valence-electron chi connectivity index (χ0n) is 10.9. The summed E-state index contributed by atoms with van der Waals surface area (Å²) in [6, 6.07) is 7.66. The molecule has 1 heterocycles. The first-order chi connectivity index (χ1) is 9.26. The number of benzene rings is 1. The third-order valence-electron chi connectivity index (χ3n) is 2.67. The highest BCUT2D eigenvalue weighted by atomic mass is 16.5. The second-order valence-electron chi connectivity index (χ2n) is 3.84. The number of pyridine rings is 1. The van der Waals surface area contributed by atoms with Gasteiger partial charge in [-0.1, -0.05) is 12.1 Å². The molecule has 1 aromatic heterocycles. The van der Waals surface area contributed by atoms with E-state index in [1.807, 2.05) is 24.3 Å². The topological polar surface area (TPSA) is 48.4 Å². The van der Waals surface area contributed by atoms with Crippen LogP contribution >= 0.6 is 0 Å². The molecular formula is C15H15NO3. The highest BCUT2D eigenvalue weighted by Crippen LogP contribution is 2.28. The van der Waals surface area contributed by atoms with Crippen LogP contribution in [0.1, 0.15) is 12.6 Å². The van der Waals surface area contributed by atoms with E-state index < -0.39 is 0 Å². The number of aromatic nitrogens is 1. The maximum absolute atomic E-state index is 11.3. The minimum Gasteiger partial charge on any atom is -0.496 e. The number of nitrogens with zero attached hydrogens (tertiary/aromatic N) is 1. The molecule has 0 radical (unpaired) electrons. The van der Waals surface area contributed by atoms with Crippen LogP contribution in [0.2, 0.25) is 0 Å². The predicted molar refractivity (Wildman–Crippen MR) is 74.0 cm³/mol. The van der Waals surface area contributed by atoms with E-state index in [2.05, 4.69) is 4.98 Å². The first-order valence-electron chi connectivity index (χ1n) is 6.02. The molecule has 0 aliphatic rings. The van der Waals surface area contributed by atoms with E-state index in [0.29, 0.717) is 12.3 Å². The van der Waals surface area contributed by atoms with Crippen LogP contribution in [0.3, 0.4) is 0 Å². The molecule has 0 saturated carbocycles. The summed E-state index contributed by atoms with van der Waals surface area (Å²) in [5, 5.41) is 1.89. The van der Waals surface area contributed by atoms with Crippen LogP contribution in [0.5, 0.6) is 5.75 Å². The number of ether oxygens (including phenoxy) is 2. The number of hydrogen-bond donors (Lipinski definition) is 0. The van der Waals surface area contributed by atoms with Gasteiger partial charge in [-0.2, -0.15) is 0 Å². The first kappa shape index (κ1) is 13.1. The molecule has 0 fully saturated rings. The van der Waals surface area contributed by atoms with Crippen molar-refractivity contribution in [2.45, 2.75) is 6.92 Å². The van der Waals surface area contributed by atoms with Gasteiger partial charge in [-0.15, -0.1) is 0 Å². The van der Waals surface area contributed by atoms with Gasteiger partial charge < -0.3 is 9.47 Å². The third-order valence-corrected chi connectivity index (χ3v) is 2.67. The van der Waals surface area contributed by atoms with E-state index in [1.54, 1.807) is 26.3 Å². The molecule has 0 saturated heterocycles. The van der Waals surface area contributed by atoms with Gasteiger partial charge in [0.15, 0.2) is 0 Å². The number of methoxy groups -OCH3 is 1. The Morgan fingerprint density at radius 2 is 2.21 bits per heavy atom. The summed E-state index contributed by atoms with van der Waals surface area (Å²) in [6.45, 7) is 2.13. The smallest absolute Gasteiger partial charge is 0.330 e. The van der Waals surface area contributed by atoms with Crippen LogP contribution in [0.4, 0.5) is 0 Å². The summed E-state index contributed by atoms with van der Waals surface area (Å²) in [5.41, 5.74) is 0.683. The number of carbonyl (C=O) groups is 1. The lowest BCUT2D eigenvalue weighted by molar-refractivity contribution is -0.137. The summed E-state index contributed by atoms with van der Waals surface area (Å²) in [4.78, 5) is 15.6. The van der Waals surface area contributed by atoms with Crippen molar-refractivity contribution < 1.29 is 14.3 Å². The second kappa shape index (κ2) is 6.00. The van der Waals surface area contributed by atoms with Crippen molar-refractivity contribution in [2.24, 2.45) is 0 Å². The van der Waals surface area contributed by atoms with Crippen LogP contribution in [0, 0.1) is 0 Å². The highest BCUT2D eigenvalue weighted by Gasteiger charge is 2.06. The molecule has 0 amide bonds. The van der Waals surface area contributed by atoms with Crippen molar-refractivity contribution >= 4 is 22.8 Å². The molecule has 4 heteroatoms. The molecule has 0 atom stereocenters. The third kappa shape index (κ3) is 2.91. The van der Waals surface area contributed by atoms with Gasteiger partial charge in [0.2, 0.25) is 0 Å². The maximum atomic E-state index is 11.3. The van der Waals surface area contributed by atoms with E-state index in [0.717, 1.165) is 16.5 Å². The van der Waals surface area contributed by atoms with Crippen molar-refractivity contribution in [2.75, 3.05) is 13.7 Å². The molecule has 0 spiro atoms. The first-order valence-corrected chi connectivity index (χ1v) is 6.02. The van der Waals surface area contributed by atoms with Crippen LogP contribution in [-0.4, -0.2) is 24.7 Å². The molecule has 0 bridgehead atoms. The van der Waals surface area contributed by atoms with E-state index in [1.165, 1.54) is 6.08 Å². The molecule has 98 valence electrons. The molecule has 0 aliphatic carbocycles. The molecule has 1 aromatic carbocycles. The monoisotopic (exact) mass is 257 g/mol. The highest BCUT2D eigenvalue weighted by molar-refractivity contribution is 5.96. The number of rotatable bonds is 4. The van der Waals surface area contributed by atoms with Crippen molar-refractivity contribution in [1.82, 2.24) is 4.98 Å². The van der Waals surface area contributed by atoms with Gasteiger partial charge in [0.1, 0.15) is 5.75 Å². The fourth-order valence-corrected chi connectivity index (χ4v) is 1.86. The Hall–Kier alpha value is -2.36. The molecule has 2 aromatic rings. The van der Waals surface area contributed by atoms with Crippen LogP contribution < -0.4 is 4.74 Å². The largest absolute Gasteiger partial charge is 0.496 e. The van der Waals surface area contributed by atoms with Gasteiger partial charge in [-0.25, -0.2) is 4.79 Å². The lowest BCUT2D eigenvalue weighted by Crippen LogP contribution is -1.99. The van der Waals surface area contributed by atoms with Gasteiger partial charge in [-0.05, 0) is 30.5 Å². The summed E-state index contributed by atoms with van der Waals surface area (Å²) in [6.07, 6.45) is 4.72. The van der Waals surface area contributed by atoms with E-state index in [-0.39, 0.29) is 5.97 Å². The van der Waals surface area contributed by atoms with E-state index in [9.17, 15) is 4.79 Å². The quantitative estimate of drug-likeness (QED) is 0.624. The Bertz CT molecular complexity index is 615. The SMILES string of the molecule is CCOC(=O)/C=C/c1nccc2cccc(OC)c12. The minimum absolute atomic E-state index is 0.357. The van der Waals surface area contributed by atoms with Crippen molar-refractivity contribution in [3.8, 4) is 5.75 Å². The number of hydrogen-bond acceptors (Lipinski definition) is 4. The zero-order chi connectivity index (χ0) is 13.7. The van der Waals surface area contributed by atoms with Gasteiger partial charge >= 0.3 is 5.97 Å². The zero-order valence-corrected chi connectivity index (χ0v) is 10.9. The molecule has 4 nitrogen and oxygen atoms in total. The number of fused-ring (bicyclic) bond motifs is 1. The Morgan fingerprint density at radius 3 is 2.95 bits per heavy atom. The molecule has 2 rings (SSSR count). The van der Waals surface area contributed by atoms with Gasteiger partial charge in [0.25, 0.3) is 0 Å². The Morgan fingerprint density at radius 1 is 1.37 bits per heavy atom. The number of esters is 1. The van der Waals surface area contributed by atoms with E-state index in [4.69, 9.17) is 9.47 Å². The Kier molecular flexibility index (Phi) is 4.13. The van der Waals surface area contributed by atoms with E-state index >= 15 is 0 Å². The average Bonchev–Trinajstić information content (AvgIpc) is 2.44. The second-order valence-corrected chi connectivity index (χ2v) is 3.84. The number of carbonyl (C=O) groups excluding carboxylic acids is 1. The lowest BCUT2D eigenvalue weighted by atomic mass is 10.1. The normalized spacial score (nSPS) is 10.8. The minimum atomic E-state index is -0.379. The fourth-order valence-electron chi connectivity index (χ4n) is 1.86. The predicted octanol–water partition coefficient (Wildman–Crippen LogP) is 2.82. The van der Waals surface area contributed by atoms with Gasteiger partial charge in [0.05, 0.1) is 19.4 Å². The van der Waals surface area contributed by atoms with Gasteiger partial charge in [0, 0.05) is 17.7 Å². The molecule has 19 heavy (non-hydrogen) atoms. The summed E-state index contributed by atoms with van der Waals surface area (Å²) < 4.78 is 10.2. The average molecular weight is 257 g/mol. The Labute approximate surface area is 111 Å². The lowest BCUT2D eigenvalue weighted by Gasteiger charge is -2.07. The maximum Gasteiger partial charge on any atom is 0.330 e. The van der Waals surface area contributed by atoms with Gasteiger partial charge in [-0.3, -0.25) is 4.98 Å². The fraction of sp³-hybridized carbons (Fsp3) is 0.200. The summed E-state index contributed by atoms with van der Waals surface area (Å²) in [5.74, 6) is 0.352. The summed E-state index contributed by atoms with van der Waals surface area (Å²) in [7, 11) is 1.61. The van der Waals surface area contributed by atoms with Crippen molar-refractivity contribution in [3.05, 3.63) is 42.2 Å².